The van der Waals surface area contributed by atoms with Crippen LogP contribution in [0.25, 0.3) is 10.2 Å². The number of carboxylic acid groups (broad SMARTS) is 1. The Morgan fingerprint density at radius 1 is 1.33 bits per heavy atom. The van der Waals surface area contributed by atoms with E-state index < -0.39 is 23.5 Å². The highest BCUT2D eigenvalue weighted by molar-refractivity contribution is 7.16. The number of urea groups is 1. The molecule has 6 nitrogen and oxygen atoms in total. The molecule has 0 fully saturated rings. The van der Waals surface area contributed by atoms with Crippen LogP contribution in [0.3, 0.4) is 0 Å². The fourth-order valence-electron chi connectivity index (χ4n) is 1.88. The van der Waals surface area contributed by atoms with Gasteiger partial charge in [0.1, 0.15) is 6.04 Å². The average Bonchev–Trinajstić information content (AvgIpc) is 2.81. The molecule has 1 atom stereocenters. The van der Waals surface area contributed by atoms with Crippen molar-refractivity contribution in [1.29, 1.82) is 0 Å². The maximum absolute atomic E-state index is 12.0. The van der Waals surface area contributed by atoms with Crippen LogP contribution in [0.2, 0.25) is 0 Å². The van der Waals surface area contributed by atoms with Gasteiger partial charge in [0.05, 0.1) is 15.7 Å². The number of carbonyl (C=O) groups excluding carboxylic acids is 1. The number of thiazole rings is 1. The van der Waals surface area contributed by atoms with Crippen molar-refractivity contribution in [2.24, 2.45) is 5.41 Å². The second kappa shape index (κ2) is 5.69. The van der Waals surface area contributed by atoms with Gasteiger partial charge in [0.2, 0.25) is 0 Å². The standard InChI is InChI=1S/C14H17N3O3S/c1-14(2,3)11(12(18)19)17-13(20)16-8-4-5-9-10(6-8)21-7-15-9/h4-7,11H,1-3H3,(H,18,19)(H2,16,17,20)/t11-/m1/s1. The summed E-state index contributed by atoms with van der Waals surface area (Å²) in [5.41, 5.74) is 2.62. The van der Waals surface area contributed by atoms with E-state index in [0.29, 0.717) is 5.69 Å². The first-order valence-electron chi connectivity index (χ1n) is 6.41. The Kier molecular flexibility index (Phi) is 4.13. The van der Waals surface area contributed by atoms with E-state index in [0.717, 1.165) is 10.2 Å². The number of hydrogen-bond donors (Lipinski definition) is 3. The molecule has 1 aromatic carbocycles. The van der Waals surface area contributed by atoms with Crippen LogP contribution in [0, 0.1) is 5.41 Å². The monoisotopic (exact) mass is 307 g/mol. The zero-order valence-electron chi connectivity index (χ0n) is 12.0. The van der Waals surface area contributed by atoms with Crippen LogP contribution in [0.4, 0.5) is 10.5 Å². The van der Waals surface area contributed by atoms with E-state index in [1.165, 1.54) is 11.3 Å². The quantitative estimate of drug-likeness (QED) is 0.813. The maximum atomic E-state index is 12.0. The summed E-state index contributed by atoms with van der Waals surface area (Å²) in [5, 5.41) is 14.3. The Hall–Kier alpha value is -2.15. The molecule has 0 saturated carbocycles. The van der Waals surface area contributed by atoms with Crippen molar-refractivity contribution in [3.63, 3.8) is 0 Å². The number of nitrogens with zero attached hydrogens (tertiary/aromatic N) is 1. The lowest BCUT2D eigenvalue weighted by Gasteiger charge is -2.27. The molecule has 112 valence electrons. The van der Waals surface area contributed by atoms with Crippen LogP contribution in [0.5, 0.6) is 0 Å². The van der Waals surface area contributed by atoms with Gasteiger partial charge in [0.25, 0.3) is 0 Å². The minimum atomic E-state index is -1.06. The SMILES string of the molecule is CC(C)(C)[C@H](NC(=O)Nc1ccc2ncsc2c1)C(=O)O. The number of carboxylic acids is 1. The van der Waals surface area contributed by atoms with Crippen LogP contribution in [-0.4, -0.2) is 28.1 Å². The van der Waals surface area contributed by atoms with E-state index in [4.69, 9.17) is 0 Å². The van der Waals surface area contributed by atoms with Gasteiger partial charge in [-0.05, 0) is 23.6 Å². The molecule has 0 spiro atoms. The molecule has 2 rings (SSSR count). The summed E-state index contributed by atoms with van der Waals surface area (Å²) in [6.07, 6.45) is 0. The fraction of sp³-hybridized carbons (Fsp3) is 0.357. The summed E-state index contributed by atoms with van der Waals surface area (Å²) in [7, 11) is 0. The van der Waals surface area contributed by atoms with Gasteiger partial charge in [-0.15, -0.1) is 11.3 Å². The Bertz CT molecular complexity index is 675. The van der Waals surface area contributed by atoms with Gasteiger partial charge >= 0.3 is 12.0 Å². The predicted octanol–water partition coefficient (Wildman–Crippen LogP) is 2.92. The molecular formula is C14H17N3O3S. The molecule has 0 aliphatic rings. The molecule has 1 aromatic heterocycles. The number of hydrogen-bond acceptors (Lipinski definition) is 4. The molecule has 7 heteroatoms. The van der Waals surface area contributed by atoms with Gasteiger partial charge in [-0.25, -0.2) is 14.6 Å². The van der Waals surface area contributed by atoms with Gasteiger partial charge in [-0.2, -0.15) is 0 Å². The third kappa shape index (κ3) is 3.69. The summed E-state index contributed by atoms with van der Waals surface area (Å²) < 4.78 is 0.957. The van der Waals surface area contributed by atoms with E-state index in [1.54, 1.807) is 44.5 Å². The first-order valence-corrected chi connectivity index (χ1v) is 7.29. The number of aliphatic carboxylic acids is 1. The van der Waals surface area contributed by atoms with E-state index in [9.17, 15) is 14.7 Å². The van der Waals surface area contributed by atoms with E-state index >= 15 is 0 Å². The normalized spacial score (nSPS) is 12.9. The lowest BCUT2D eigenvalue weighted by molar-refractivity contribution is -0.141. The van der Waals surface area contributed by atoms with E-state index in [-0.39, 0.29) is 0 Å². The molecule has 3 N–H and O–H groups in total. The second-order valence-electron chi connectivity index (χ2n) is 5.77. The second-order valence-corrected chi connectivity index (χ2v) is 6.66. The minimum absolute atomic E-state index is 0.541. The lowest BCUT2D eigenvalue weighted by Crippen LogP contribution is -2.50. The zero-order chi connectivity index (χ0) is 15.6. The van der Waals surface area contributed by atoms with Gasteiger partial charge < -0.3 is 15.7 Å². The average molecular weight is 307 g/mol. The summed E-state index contributed by atoms with van der Waals surface area (Å²) >= 11 is 1.47. The van der Waals surface area contributed by atoms with Crippen LogP contribution >= 0.6 is 11.3 Å². The molecule has 0 unspecified atom stereocenters. The van der Waals surface area contributed by atoms with Gasteiger partial charge in [0.15, 0.2) is 0 Å². The first-order chi connectivity index (χ1) is 9.77. The summed E-state index contributed by atoms with van der Waals surface area (Å²) in [6.45, 7) is 5.28. The molecule has 0 aliphatic heterocycles. The van der Waals surface area contributed by atoms with Crippen molar-refractivity contribution in [3.8, 4) is 0 Å². The highest BCUT2D eigenvalue weighted by Crippen LogP contribution is 2.22. The van der Waals surface area contributed by atoms with Crippen LogP contribution in [0.15, 0.2) is 23.7 Å². The maximum Gasteiger partial charge on any atom is 0.326 e. The van der Waals surface area contributed by atoms with Crippen molar-refractivity contribution in [2.75, 3.05) is 5.32 Å². The predicted molar refractivity (Wildman–Crippen MR) is 82.7 cm³/mol. The molecule has 0 bridgehead atoms. The molecular weight excluding hydrogens is 290 g/mol. The highest BCUT2D eigenvalue weighted by Gasteiger charge is 2.32. The molecule has 2 aromatic rings. The number of fused-ring (bicyclic) bond motifs is 1. The molecule has 1 heterocycles. The number of benzene rings is 1. The summed E-state index contributed by atoms with van der Waals surface area (Å²) in [4.78, 5) is 27.3. The van der Waals surface area contributed by atoms with Crippen molar-refractivity contribution in [1.82, 2.24) is 10.3 Å². The van der Waals surface area contributed by atoms with Crippen molar-refractivity contribution < 1.29 is 14.7 Å². The van der Waals surface area contributed by atoms with Crippen LogP contribution in [-0.2, 0) is 4.79 Å². The molecule has 21 heavy (non-hydrogen) atoms. The fourth-order valence-corrected chi connectivity index (χ4v) is 2.60. The number of nitrogens with one attached hydrogen (secondary N) is 2. The number of aromatic nitrogens is 1. The Balaban J connectivity index is 2.08. The first kappa shape index (κ1) is 15.2. The topological polar surface area (TPSA) is 91.3 Å². The Labute approximate surface area is 126 Å². The Morgan fingerprint density at radius 3 is 2.67 bits per heavy atom. The summed E-state index contributed by atoms with van der Waals surface area (Å²) in [5.74, 6) is -1.06. The van der Waals surface area contributed by atoms with Gasteiger partial charge in [0, 0.05) is 5.69 Å². The number of amides is 2. The Morgan fingerprint density at radius 2 is 2.05 bits per heavy atom. The van der Waals surface area contributed by atoms with Crippen molar-refractivity contribution in [2.45, 2.75) is 26.8 Å². The minimum Gasteiger partial charge on any atom is -0.480 e. The molecule has 0 saturated heterocycles. The van der Waals surface area contributed by atoms with Crippen LogP contribution in [0.1, 0.15) is 20.8 Å². The third-order valence-corrected chi connectivity index (χ3v) is 3.77. The number of anilines is 1. The molecule has 2 amide bonds. The van der Waals surface area contributed by atoms with E-state index in [2.05, 4.69) is 15.6 Å². The number of carbonyl (C=O) groups is 2. The summed E-state index contributed by atoms with van der Waals surface area (Å²) in [6, 6.07) is 3.83. The number of rotatable bonds is 3. The van der Waals surface area contributed by atoms with Crippen molar-refractivity contribution >= 4 is 39.2 Å². The zero-order valence-corrected chi connectivity index (χ0v) is 12.8. The van der Waals surface area contributed by atoms with Crippen molar-refractivity contribution in [3.05, 3.63) is 23.7 Å². The highest BCUT2D eigenvalue weighted by atomic mass is 32.1. The van der Waals surface area contributed by atoms with E-state index in [1.807, 2.05) is 0 Å². The largest absolute Gasteiger partial charge is 0.480 e. The van der Waals surface area contributed by atoms with Gasteiger partial charge in [-0.3, -0.25) is 0 Å². The molecule has 0 aliphatic carbocycles. The van der Waals surface area contributed by atoms with Crippen LogP contribution < -0.4 is 10.6 Å². The smallest absolute Gasteiger partial charge is 0.326 e. The third-order valence-electron chi connectivity index (χ3n) is 2.98. The molecule has 0 radical (unpaired) electrons. The van der Waals surface area contributed by atoms with Gasteiger partial charge in [-0.1, -0.05) is 20.8 Å². The lowest BCUT2D eigenvalue weighted by atomic mass is 9.87.